The number of anilines is 2. The number of pyridine rings is 1. The van der Waals surface area contributed by atoms with Crippen molar-refractivity contribution < 1.29 is 5.11 Å². The van der Waals surface area contributed by atoms with Crippen LogP contribution in [-0.2, 0) is 0 Å². The zero-order chi connectivity index (χ0) is 14.8. The van der Waals surface area contributed by atoms with Crippen molar-refractivity contribution in [2.24, 2.45) is 0 Å². The fraction of sp³-hybridized carbons (Fsp3) is 0. The van der Waals surface area contributed by atoms with E-state index >= 15 is 0 Å². The molecule has 0 aromatic carbocycles. The SMILES string of the molecule is Nc1nccc(-c2ccnc(-c3ccnc(N)n3)c2O)n1. The molecule has 3 aromatic rings. The van der Waals surface area contributed by atoms with E-state index in [-0.39, 0.29) is 17.6 Å². The predicted octanol–water partition coefficient (Wildman–Crippen LogP) is 0.866. The van der Waals surface area contributed by atoms with E-state index in [0.717, 1.165) is 0 Å². The lowest BCUT2D eigenvalue weighted by Crippen LogP contribution is -1.98. The second-order valence-electron chi connectivity index (χ2n) is 4.16. The van der Waals surface area contributed by atoms with Crippen molar-refractivity contribution in [1.82, 2.24) is 24.9 Å². The number of nitrogen functional groups attached to an aromatic ring is 2. The molecule has 0 aliphatic carbocycles. The fourth-order valence-electron chi connectivity index (χ4n) is 1.88. The Hall–Kier alpha value is -3.29. The van der Waals surface area contributed by atoms with Gasteiger partial charge in [0.2, 0.25) is 11.9 Å². The van der Waals surface area contributed by atoms with Gasteiger partial charge in [0.15, 0.2) is 5.75 Å². The number of rotatable bonds is 2. The van der Waals surface area contributed by atoms with E-state index in [1.54, 1.807) is 24.4 Å². The summed E-state index contributed by atoms with van der Waals surface area (Å²) in [5.41, 5.74) is 12.8. The normalized spacial score (nSPS) is 10.5. The van der Waals surface area contributed by atoms with E-state index in [2.05, 4.69) is 24.9 Å². The Labute approximate surface area is 119 Å². The minimum Gasteiger partial charge on any atom is -0.505 e. The van der Waals surface area contributed by atoms with Crippen LogP contribution in [0.1, 0.15) is 0 Å². The lowest BCUT2D eigenvalue weighted by Gasteiger charge is -2.08. The molecule has 0 saturated carbocycles. The van der Waals surface area contributed by atoms with Crippen molar-refractivity contribution in [2.45, 2.75) is 0 Å². The molecule has 3 aromatic heterocycles. The van der Waals surface area contributed by atoms with Crippen LogP contribution in [0.2, 0.25) is 0 Å². The molecule has 0 atom stereocenters. The predicted molar refractivity (Wildman–Crippen MR) is 76.8 cm³/mol. The van der Waals surface area contributed by atoms with Crippen LogP contribution in [0.4, 0.5) is 11.9 Å². The van der Waals surface area contributed by atoms with Gasteiger partial charge < -0.3 is 16.6 Å². The van der Waals surface area contributed by atoms with Gasteiger partial charge in [-0.1, -0.05) is 0 Å². The number of nitrogens with zero attached hydrogens (tertiary/aromatic N) is 5. The first kappa shape index (κ1) is 12.7. The molecule has 0 bridgehead atoms. The quantitative estimate of drug-likeness (QED) is 0.629. The molecule has 3 heterocycles. The van der Waals surface area contributed by atoms with E-state index in [9.17, 15) is 5.11 Å². The molecule has 0 saturated heterocycles. The second kappa shape index (κ2) is 5.00. The Kier molecular flexibility index (Phi) is 3.03. The summed E-state index contributed by atoms with van der Waals surface area (Å²) in [5.74, 6) is 0.163. The van der Waals surface area contributed by atoms with Crippen molar-refractivity contribution in [3.63, 3.8) is 0 Å². The first-order chi connectivity index (χ1) is 10.1. The highest BCUT2D eigenvalue weighted by Crippen LogP contribution is 2.34. The molecule has 5 N–H and O–H groups in total. The molecule has 3 rings (SSSR count). The van der Waals surface area contributed by atoms with Gasteiger partial charge in [0, 0.05) is 24.2 Å². The highest BCUT2D eigenvalue weighted by atomic mass is 16.3. The summed E-state index contributed by atoms with van der Waals surface area (Å²) in [6.45, 7) is 0. The minimum absolute atomic E-state index is 0.0614. The van der Waals surface area contributed by atoms with Gasteiger partial charge in [-0.25, -0.2) is 19.9 Å². The van der Waals surface area contributed by atoms with Gasteiger partial charge in [0.05, 0.1) is 11.4 Å². The molecule has 8 heteroatoms. The van der Waals surface area contributed by atoms with Gasteiger partial charge in [-0.15, -0.1) is 0 Å². The van der Waals surface area contributed by atoms with Crippen molar-refractivity contribution in [3.8, 4) is 28.4 Å². The summed E-state index contributed by atoms with van der Waals surface area (Å²) >= 11 is 0. The smallest absolute Gasteiger partial charge is 0.220 e. The molecule has 0 radical (unpaired) electrons. The molecular weight excluding hydrogens is 270 g/mol. The van der Waals surface area contributed by atoms with Crippen LogP contribution in [0.5, 0.6) is 5.75 Å². The zero-order valence-corrected chi connectivity index (χ0v) is 10.8. The molecule has 21 heavy (non-hydrogen) atoms. The Balaban J connectivity index is 2.16. The maximum Gasteiger partial charge on any atom is 0.220 e. The van der Waals surface area contributed by atoms with Crippen molar-refractivity contribution in [2.75, 3.05) is 11.5 Å². The Bertz CT molecular complexity index is 742. The van der Waals surface area contributed by atoms with Crippen LogP contribution in [0, 0.1) is 0 Å². The first-order valence-corrected chi connectivity index (χ1v) is 6.01. The summed E-state index contributed by atoms with van der Waals surface area (Å²) in [4.78, 5) is 19.9. The topological polar surface area (TPSA) is 137 Å². The monoisotopic (exact) mass is 281 g/mol. The maximum atomic E-state index is 10.4. The van der Waals surface area contributed by atoms with E-state index < -0.39 is 0 Å². The van der Waals surface area contributed by atoms with E-state index in [1.165, 1.54) is 12.4 Å². The number of hydrogen-bond donors (Lipinski definition) is 3. The lowest BCUT2D eigenvalue weighted by molar-refractivity contribution is 0.476. The number of aromatic nitrogens is 5. The van der Waals surface area contributed by atoms with Gasteiger partial charge in [0.25, 0.3) is 0 Å². The second-order valence-corrected chi connectivity index (χ2v) is 4.16. The first-order valence-electron chi connectivity index (χ1n) is 6.01. The third kappa shape index (κ3) is 2.41. The zero-order valence-electron chi connectivity index (χ0n) is 10.8. The summed E-state index contributed by atoms with van der Waals surface area (Å²) in [6.07, 6.45) is 4.55. The van der Waals surface area contributed by atoms with Crippen LogP contribution in [0.15, 0.2) is 36.8 Å². The third-order valence-corrected chi connectivity index (χ3v) is 2.79. The molecule has 0 amide bonds. The van der Waals surface area contributed by atoms with E-state index in [1.807, 2.05) is 0 Å². The van der Waals surface area contributed by atoms with Crippen molar-refractivity contribution >= 4 is 11.9 Å². The van der Waals surface area contributed by atoms with Gasteiger partial charge >= 0.3 is 0 Å². The Morgan fingerprint density at radius 3 is 2.00 bits per heavy atom. The summed E-state index contributed by atoms with van der Waals surface area (Å²) in [7, 11) is 0. The minimum atomic E-state index is -0.0614. The van der Waals surface area contributed by atoms with Gasteiger partial charge in [-0.3, -0.25) is 4.98 Å². The van der Waals surface area contributed by atoms with Crippen molar-refractivity contribution in [1.29, 1.82) is 0 Å². The average Bonchev–Trinajstić information content (AvgIpc) is 2.47. The average molecular weight is 281 g/mol. The van der Waals surface area contributed by atoms with E-state index in [4.69, 9.17) is 11.5 Å². The Morgan fingerprint density at radius 1 is 0.762 bits per heavy atom. The van der Waals surface area contributed by atoms with Crippen molar-refractivity contribution in [3.05, 3.63) is 36.8 Å². The van der Waals surface area contributed by atoms with Crippen LogP contribution < -0.4 is 11.5 Å². The van der Waals surface area contributed by atoms with E-state index in [0.29, 0.717) is 22.6 Å². The van der Waals surface area contributed by atoms with Crippen LogP contribution in [-0.4, -0.2) is 30.0 Å². The van der Waals surface area contributed by atoms with Crippen LogP contribution in [0.3, 0.4) is 0 Å². The third-order valence-electron chi connectivity index (χ3n) is 2.79. The molecule has 8 nitrogen and oxygen atoms in total. The number of hydrogen-bond acceptors (Lipinski definition) is 8. The van der Waals surface area contributed by atoms with Gasteiger partial charge in [0.1, 0.15) is 5.69 Å². The van der Waals surface area contributed by atoms with Gasteiger partial charge in [-0.2, -0.15) is 0 Å². The number of nitrogens with two attached hydrogens (primary N) is 2. The fourth-order valence-corrected chi connectivity index (χ4v) is 1.88. The largest absolute Gasteiger partial charge is 0.505 e. The summed E-state index contributed by atoms with van der Waals surface area (Å²) in [6, 6.07) is 4.88. The molecule has 104 valence electrons. The Morgan fingerprint density at radius 2 is 1.33 bits per heavy atom. The molecule has 0 aliphatic rings. The highest BCUT2D eigenvalue weighted by molar-refractivity contribution is 5.76. The van der Waals surface area contributed by atoms with Crippen LogP contribution >= 0.6 is 0 Å². The summed E-state index contributed by atoms with van der Waals surface area (Å²) < 4.78 is 0. The van der Waals surface area contributed by atoms with Gasteiger partial charge in [-0.05, 0) is 18.2 Å². The highest BCUT2D eigenvalue weighted by Gasteiger charge is 2.14. The molecule has 0 aliphatic heterocycles. The lowest BCUT2D eigenvalue weighted by atomic mass is 10.1. The van der Waals surface area contributed by atoms with Crippen LogP contribution in [0.25, 0.3) is 22.6 Å². The standard InChI is InChI=1S/C13H11N7O/c14-12-17-5-2-8(19-12)7-1-4-16-10(11(7)21)9-3-6-18-13(15)20-9/h1-6,21H,(H2,14,17,19)(H2,15,18,20). The molecule has 0 fully saturated rings. The summed E-state index contributed by atoms with van der Waals surface area (Å²) in [5, 5.41) is 10.4. The maximum absolute atomic E-state index is 10.4. The number of aromatic hydroxyl groups is 1. The molecule has 0 unspecified atom stereocenters. The molecule has 0 spiro atoms. The molecular formula is C13H11N7O.